The second-order valence-corrected chi connectivity index (χ2v) is 4.99. The molecule has 3 rings (SSSR count). The quantitative estimate of drug-likeness (QED) is 0.654. The van der Waals surface area contributed by atoms with E-state index in [1.807, 2.05) is 0 Å². The highest BCUT2D eigenvalue weighted by Gasteiger charge is 2.26. The molecule has 2 heterocycles. The van der Waals surface area contributed by atoms with Crippen molar-refractivity contribution in [2.75, 3.05) is 7.11 Å². The number of hydrogen-bond acceptors (Lipinski definition) is 7. The van der Waals surface area contributed by atoms with E-state index in [1.54, 1.807) is 42.6 Å². The summed E-state index contributed by atoms with van der Waals surface area (Å²) in [5.74, 6) is -1.35. The highest BCUT2D eigenvalue weighted by atomic mass is 16.6. The molecule has 0 saturated carbocycles. The lowest BCUT2D eigenvalue weighted by atomic mass is 10.1. The Balaban J connectivity index is 1.85. The predicted molar refractivity (Wildman–Crippen MR) is 85.8 cm³/mol. The van der Waals surface area contributed by atoms with E-state index in [0.717, 1.165) is 0 Å². The predicted octanol–water partition coefficient (Wildman–Crippen LogP) is 1.73. The molecule has 25 heavy (non-hydrogen) atoms. The molecule has 0 N–H and O–H groups in total. The van der Waals surface area contributed by atoms with Crippen LogP contribution < -0.4 is 0 Å². The van der Waals surface area contributed by atoms with Crippen molar-refractivity contribution in [2.24, 2.45) is 0 Å². The minimum atomic E-state index is -1.19. The third-order valence-corrected chi connectivity index (χ3v) is 3.39. The number of aromatic nitrogens is 4. The third kappa shape index (κ3) is 3.69. The van der Waals surface area contributed by atoms with Gasteiger partial charge in [-0.25, -0.2) is 19.3 Å². The van der Waals surface area contributed by atoms with Crippen LogP contribution in [-0.4, -0.2) is 38.8 Å². The maximum Gasteiger partial charge on any atom is 0.352 e. The van der Waals surface area contributed by atoms with E-state index in [4.69, 9.17) is 9.47 Å². The van der Waals surface area contributed by atoms with Crippen molar-refractivity contribution < 1.29 is 19.1 Å². The van der Waals surface area contributed by atoms with Crippen LogP contribution in [0.2, 0.25) is 0 Å². The summed E-state index contributed by atoms with van der Waals surface area (Å²) in [6.07, 6.45) is 4.71. The number of nitrogens with zero attached hydrogens (tertiary/aromatic N) is 4. The van der Waals surface area contributed by atoms with Crippen molar-refractivity contribution in [3.8, 4) is 5.69 Å². The first kappa shape index (κ1) is 16.3. The number of pyridine rings is 1. The van der Waals surface area contributed by atoms with Gasteiger partial charge in [-0.1, -0.05) is 12.1 Å². The summed E-state index contributed by atoms with van der Waals surface area (Å²) in [6.45, 7) is 0. The van der Waals surface area contributed by atoms with Crippen LogP contribution in [0.1, 0.15) is 22.0 Å². The first-order valence-corrected chi connectivity index (χ1v) is 7.33. The van der Waals surface area contributed by atoms with Crippen LogP contribution in [0.15, 0.2) is 61.4 Å². The highest BCUT2D eigenvalue weighted by molar-refractivity contribution is 5.92. The smallest absolute Gasteiger partial charge is 0.352 e. The summed E-state index contributed by atoms with van der Waals surface area (Å²) in [5, 5.41) is 4.01. The summed E-state index contributed by atoms with van der Waals surface area (Å²) >= 11 is 0. The molecule has 1 unspecified atom stereocenters. The van der Waals surface area contributed by atoms with Crippen LogP contribution in [-0.2, 0) is 14.3 Å². The molecule has 0 aliphatic heterocycles. The van der Waals surface area contributed by atoms with Gasteiger partial charge in [0.05, 0.1) is 18.4 Å². The summed E-state index contributed by atoms with van der Waals surface area (Å²) < 4.78 is 11.6. The van der Waals surface area contributed by atoms with Crippen molar-refractivity contribution in [2.45, 2.75) is 6.10 Å². The Morgan fingerprint density at radius 3 is 2.72 bits per heavy atom. The first-order valence-electron chi connectivity index (χ1n) is 7.33. The fourth-order valence-electron chi connectivity index (χ4n) is 2.18. The fourth-order valence-corrected chi connectivity index (χ4v) is 2.18. The molecule has 0 aliphatic carbocycles. The number of hydrogen-bond donors (Lipinski definition) is 0. The molecule has 126 valence electrons. The van der Waals surface area contributed by atoms with Gasteiger partial charge in [-0.3, -0.25) is 4.98 Å². The SMILES string of the molecule is COC(=O)C(OC(=O)c1cccc(-n2cncn2)c1)c1cccnc1. The molecule has 8 nitrogen and oxygen atoms in total. The minimum absolute atomic E-state index is 0.269. The van der Waals surface area contributed by atoms with Crippen LogP contribution in [0, 0.1) is 0 Å². The molecular weight excluding hydrogens is 324 g/mol. The molecule has 8 heteroatoms. The number of ether oxygens (including phenoxy) is 2. The topological polar surface area (TPSA) is 96.2 Å². The van der Waals surface area contributed by atoms with Crippen molar-refractivity contribution >= 4 is 11.9 Å². The van der Waals surface area contributed by atoms with Gasteiger partial charge >= 0.3 is 11.9 Å². The third-order valence-electron chi connectivity index (χ3n) is 3.39. The Hall–Kier alpha value is -3.55. The lowest BCUT2D eigenvalue weighted by Crippen LogP contribution is -2.21. The number of esters is 2. The van der Waals surface area contributed by atoms with Gasteiger partial charge in [0.2, 0.25) is 6.10 Å². The molecular formula is C17H14N4O4. The largest absolute Gasteiger partial charge is 0.466 e. The minimum Gasteiger partial charge on any atom is -0.466 e. The standard InChI is InChI=1S/C17H14N4O4/c1-24-17(23)15(13-5-3-7-18-9-13)25-16(22)12-4-2-6-14(8-12)21-11-19-10-20-21/h2-11,15H,1H3. The summed E-state index contributed by atoms with van der Waals surface area (Å²) in [5.41, 5.74) is 1.34. The lowest BCUT2D eigenvalue weighted by molar-refractivity contribution is -0.151. The zero-order valence-corrected chi connectivity index (χ0v) is 13.3. The molecule has 1 atom stereocenters. The summed E-state index contributed by atoms with van der Waals surface area (Å²) in [6, 6.07) is 9.91. The lowest BCUT2D eigenvalue weighted by Gasteiger charge is -2.16. The maximum atomic E-state index is 12.5. The summed E-state index contributed by atoms with van der Waals surface area (Å²) in [7, 11) is 1.23. The Labute approximate surface area is 143 Å². The van der Waals surface area contributed by atoms with Gasteiger partial charge in [-0.2, -0.15) is 5.10 Å². The molecule has 1 aromatic carbocycles. The molecule has 0 spiro atoms. The van der Waals surface area contributed by atoms with Gasteiger partial charge in [0, 0.05) is 18.0 Å². The molecule has 3 aromatic rings. The normalized spacial score (nSPS) is 11.6. The second-order valence-electron chi connectivity index (χ2n) is 4.99. The van der Waals surface area contributed by atoms with Crippen LogP contribution >= 0.6 is 0 Å². The second kappa shape index (κ2) is 7.35. The molecule has 2 aromatic heterocycles. The van der Waals surface area contributed by atoms with Gasteiger partial charge in [0.25, 0.3) is 0 Å². The Bertz CT molecular complexity index is 865. The van der Waals surface area contributed by atoms with Crippen molar-refractivity contribution in [3.63, 3.8) is 0 Å². The zero-order chi connectivity index (χ0) is 17.6. The molecule has 0 bridgehead atoms. The number of benzene rings is 1. The van der Waals surface area contributed by atoms with Crippen LogP contribution in [0.3, 0.4) is 0 Å². The van der Waals surface area contributed by atoms with E-state index >= 15 is 0 Å². The Morgan fingerprint density at radius 1 is 1.16 bits per heavy atom. The number of rotatable bonds is 5. The van der Waals surface area contributed by atoms with Gasteiger partial charge in [0.1, 0.15) is 12.7 Å². The van der Waals surface area contributed by atoms with Gasteiger partial charge in [-0.05, 0) is 24.3 Å². The zero-order valence-electron chi connectivity index (χ0n) is 13.3. The number of methoxy groups -OCH3 is 1. The average molecular weight is 338 g/mol. The van der Waals surface area contributed by atoms with Gasteiger partial charge in [0.15, 0.2) is 0 Å². The molecule has 0 amide bonds. The molecule has 0 aliphatic rings. The van der Waals surface area contributed by atoms with Crippen LogP contribution in [0.25, 0.3) is 5.69 Å². The number of carbonyl (C=O) groups excluding carboxylic acids is 2. The van der Waals surface area contributed by atoms with E-state index in [1.165, 1.54) is 30.6 Å². The van der Waals surface area contributed by atoms with Gasteiger partial charge < -0.3 is 9.47 Å². The average Bonchev–Trinajstić information content (AvgIpc) is 3.21. The van der Waals surface area contributed by atoms with Crippen molar-refractivity contribution in [1.29, 1.82) is 0 Å². The summed E-state index contributed by atoms with van der Waals surface area (Å²) in [4.78, 5) is 32.3. The van der Waals surface area contributed by atoms with E-state index in [9.17, 15) is 9.59 Å². The monoisotopic (exact) mass is 338 g/mol. The van der Waals surface area contributed by atoms with E-state index < -0.39 is 18.0 Å². The maximum absolute atomic E-state index is 12.5. The van der Waals surface area contributed by atoms with E-state index in [2.05, 4.69) is 15.1 Å². The Morgan fingerprint density at radius 2 is 2.04 bits per heavy atom. The van der Waals surface area contributed by atoms with Crippen molar-refractivity contribution in [3.05, 3.63) is 72.6 Å². The fraction of sp³-hybridized carbons (Fsp3) is 0.118. The van der Waals surface area contributed by atoms with Crippen LogP contribution in [0.5, 0.6) is 0 Å². The molecule has 0 radical (unpaired) electrons. The van der Waals surface area contributed by atoms with Crippen LogP contribution in [0.4, 0.5) is 0 Å². The molecule has 0 fully saturated rings. The van der Waals surface area contributed by atoms with E-state index in [0.29, 0.717) is 11.3 Å². The Kier molecular flexibility index (Phi) is 4.79. The molecule has 0 saturated heterocycles. The highest BCUT2D eigenvalue weighted by Crippen LogP contribution is 2.20. The number of carbonyl (C=O) groups is 2. The first-order chi connectivity index (χ1) is 12.2. The van der Waals surface area contributed by atoms with E-state index in [-0.39, 0.29) is 5.56 Å². The van der Waals surface area contributed by atoms with Gasteiger partial charge in [-0.15, -0.1) is 0 Å². The van der Waals surface area contributed by atoms with Crippen molar-refractivity contribution in [1.82, 2.24) is 19.7 Å².